The van der Waals surface area contributed by atoms with Crippen LogP contribution in [0.15, 0.2) is 24.3 Å². The number of nitro groups is 1. The van der Waals surface area contributed by atoms with Gasteiger partial charge in [0.1, 0.15) is 0 Å². The fourth-order valence-corrected chi connectivity index (χ4v) is 1.35. The summed E-state index contributed by atoms with van der Waals surface area (Å²) in [5.74, 6) is 0. The van der Waals surface area contributed by atoms with Crippen LogP contribution in [0.4, 0.5) is 5.69 Å². The van der Waals surface area contributed by atoms with E-state index in [1.165, 1.54) is 6.07 Å². The maximum Gasteiger partial charge on any atom is 0.269 e. The van der Waals surface area contributed by atoms with Crippen molar-refractivity contribution in [2.45, 2.75) is 18.4 Å². The number of hydrogen-bond acceptors (Lipinski definition) is 3. The summed E-state index contributed by atoms with van der Waals surface area (Å²) in [7, 11) is 0. The predicted molar refractivity (Wildman–Crippen MR) is 48.2 cm³/mol. The second-order valence-corrected chi connectivity index (χ2v) is 3.46. The molecule has 0 bridgehead atoms. The molecular formula is C9H10N2O2. The van der Waals surface area contributed by atoms with Gasteiger partial charge in [-0.05, 0) is 18.4 Å². The van der Waals surface area contributed by atoms with E-state index in [0.717, 1.165) is 18.4 Å². The van der Waals surface area contributed by atoms with Crippen molar-refractivity contribution in [3.63, 3.8) is 0 Å². The van der Waals surface area contributed by atoms with E-state index in [1.54, 1.807) is 12.1 Å². The fourth-order valence-electron chi connectivity index (χ4n) is 1.35. The topological polar surface area (TPSA) is 69.2 Å². The number of non-ortho nitro benzene ring substituents is 1. The minimum absolute atomic E-state index is 0.120. The number of nitrogens with two attached hydrogens (primary N) is 1. The third-order valence-electron chi connectivity index (χ3n) is 2.42. The summed E-state index contributed by atoms with van der Waals surface area (Å²) in [6.07, 6.45) is 1.85. The molecule has 1 saturated carbocycles. The molecule has 0 amide bonds. The van der Waals surface area contributed by atoms with Crippen molar-refractivity contribution < 1.29 is 4.92 Å². The molecule has 68 valence electrons. The molecule has 1 aliphatic rings. The Kier molecular flexibility index (Phi) is 1.60. The van der Waals surface area contributed by atoms with Crippen LogP contribution in [0.3, 0.4) is 0 Å². The Morgan fingerprint density at radius 3 is 2.69 bits per heavy atom. The lowest BCUT2D eigenvalue weighted by molar-refractivity contribution is -0.384. The van der Waals surface area contributed by atoms with Crippen molar-refractivity contribution in [1.29, 1.82) is 0 Å². The van der Waals surface area contributed by atoms with Gasteiger partial charge in [-0.3, -0.25) is 10.1 Å². The van der Waals surface area contributed by atoms with Gasteiger partial charge in [-0.2, -0.15) is 0 Å². The highest BCUT2D eigenvalue weighted by Crippen LogP contribution is 2.43. The molecule has 0 saturated heterocycles. The Bertz CT molecular complexity index is 358. The molecule has 2 rings (SSSR count). The highest BCUT2D eigenvalue weighted by atomic mass is 16.6. The molecule has 0 spiro atoms. The Morgan fingerprint density at radius 1 is 1.46 bits per heavy atom. The van der Waals surface area contributed by atoms with E-state index in [4.69, 9.17) is 5.73 Å². The van der Waals surface area contributed by atoms with Crippen molar-refractivity contribution in [2.24, 2.45) is 5.73 Å². The maximum absolute atomic E-state index is 10.5. The highest BCUT2D eigenvalue weighted by Gasteiger charge is 2.40. The number of nitro benzene ring substituents is 1. The van der Waals surface area contributed by atoms with Crippen molar-refractivity contribution in [3.8, 4) is 0 Å². The molecule has 1 aromatic carbocycles. The Morgan fingerprint density at radius 2 is 2.15 bits per heavy atom. The molecule has 13 heavy (non-hydrogen) atoms. The number of nitrogens with zero attached hydrogens (tertiary/aromatic N) is 1. The first-order valence-electron chi connectivity index (χ1n) is 4.16. The minimum atomic E-state index is -0.394. The first kappa shape index (κ1) is 8.19. The molecular weight excluding hydrogens is 168 g/mol. The van der Waals surface area contributed by atoms with Crippen LogP contribution in [0.5, 0.6) is 0 Å². The summed E-state index contributed by atoms with van der Waals surface area (Å²) in [5.41, 5.74) is 6.62. The van der Waals surface area contributed by atoms with Crippen LogP contribution in [0, 0.1) is 10.1 Å². The predicted octanol–water partition coefficient (Wildman–Crippen LogP) is 1.54. The van der Waals surface area contributed by atoms with E-state index in [2.05, 4.69) is 0 Å². The average molecular weight is 178 g/mol. The quantitative estimate of drug-likeness (QED) is 0.551. The van der Waals surface area contributed by atoms with Gasteiger partial charge in [0.05, 0.1) is 4.92 Å². The SMILES string of the molecule is NC1(c2cccc([N+](=O)[O-])c2)CC1. The van der Waals surface area contributed by atoms with Crippen LogP contribution in [0.2, 0.25) is 0 Å². The van der Waals surface area contributed by atoms with Gasteiger partial charge in [-0.1, -0.05) is 12.1 Å². The summed E-state index contributed by atoms with van der Waals surface area (Å²) in [5, 5.41) is 10.5. The lowest BCUT2D eigenvalue weighted by Gasteiger charge is -2.07. The lowest BCUT2D eigenvalue weighted by atomic mass is 10.1. The Balaban J connectivity index is 2.38. The Labute approximate surface area is 75.5 Å². The van der Waals surface area contributed by atoms with E-state index in [0.29, 0.717) is 0 Å². The first-order chi connectivity index (χ1) is 6.12. The molecule has 0 aliphatic heterocycles. The monoisotopic (exact) mass is 178 g/mol. The number of benzene rings is 1. The molecule has 4 nitrogen and oxygen atoms in total. The van der Waals surface area contributed by atoms with E-state index in [-0.39, 0.29) is 11.2 Å². The highest BCUT2D eigenvalue weighted by molar-refractivity contribution is 5.40. The Hall–Kier alpha value is -1.42. The molecule has 0 radical (unpaired) electrons. The molecule has 0 heterocycles. The van der Waals surface area contributed by atoms with E-state index in [9.17, 15) is 10.1 Å². The van der Waals surface area contributed by atoms with Crippen molar-refractivity contribution >= 4 is 5.69 Å². The van der Waals surface area contributed by atoms with Crippen molar-refractivity contribution in [1.82, 2.24) is 0 Å². The van der Waals surface area contributed by atoms with Gasteiger partial charge in [0.15, 0.2) is 0 Å². The van der Waals surface area contributed by atoms with Crippen molar-refractivity contribution in [3.05, 3.63) is 39.9 Å². The van der Waals surface area contributed by atoms with E-state index in [1.807, 2.05) is 6.07 Å². The maximum atomic E-state index is 10.5. The molecule has 1 aliphatic carbocycles. The zero-order chi connectivity index (χ0) is 9.47. The molecule has 2 N–H and O–H groups in total. The van der Waals surface area contributed by atoms with Gasteiger partial charge in [0.2, 0.25) is 0 Å². The van der Waals surface area contributed by atoms with Crippen molar-refractivity contribution in [2.75, 3.05) is 0 Å². The van der Waals surface area contributed by atoms with Gasteiger partial charge in [0.25, 0.3) is 5.69 Å². The zero-order valence-electron chi connectivity index (χ0n) is 7.06. The summed E-state index contributed by atoms with van der Waals surface area (Å²) in [4.78, 5) is 10.1. The van der Waals surface area contributed by atoms with Gasteiger partial charge >= 0.3 is 0 Å². The number of rotatable bonds is 2. The lowest BCUT2D eigenvalue weighted by Crippen LogP contribution is -2.18. The van der Waals surface area contributed by atoms with Gasteiger partial charge < -0.3 is 5.73 Å². The third-order valence-corrected chi connectivity index (χ3v) is 2.42. The first-order valence-corrected chi connectivity index (χ1v) is 4.16. The molecule has 0 atom stereocenters. The smallest absolute Gasteiger partial charge is 0.269 e. The fraction of sp³-hybridized carbons (Fsp3) is 0.333. The summed E-state index contributed by atoms with van der Waals surface area (Å²) in [6, 6.07) is 6.57. The normalized spacial score (nSPS) is 18.2. The molecule has 0 aromatic heterocycles. The molecule has 1 fully saturated rings. The second-order valence-electron chi connectivity index (χ2n) is 3.46. The van der Waals surface area contributed by atoms with Crippen LogP contribution in [0.1, 0.15) is 18.4 Å². The summed E-state index contributed by atoms with van der Waals surface area (Å²) >= 11 is 0. The van der Waals surface area contributed by atoms with Gasteiger partial charge in [-0.25, -0.2) is 0 Å². The summed E-state index contributed by atoms with van der Waals surface area (Å²) in [6.45, 7) is 0. The second kappa shape index (κ2) is 2.53. The van der Waals surface area contributed by atoms with Crippen LogP contribution < -0.4 is 5.73 Å². The van der Waals surface area contributed by atoms with Crippen LogP contribution >= 0.6 is 0 Å². The van der Waals surface area contributed by atoms with E-state index >= 15 is 0 Å². The molecule has 1 aromatic rings. The van der Waals surface area contributed by atoms with E-state index < -0.39 is 4.92 Å². The summed E-state index contributed by atoms with van der Waals surface area (Å²) < 4.78 is 0. The van der Waals surface area contributed by atoms with Crippen LogP contribution in [-0.4, -0.2) is 4.92 Å². The largest absolute Gasteiger partial charge is 0.321 e. The average Bonchev–Trinajstić information content (AvgIpc) is 2.85. The molecule has 4 heteroatoms. The molecule has 0 unspecified atom stereocenters. The third kappa shape index (κ3) is 1.40. The zero-order valence-corrected chi connectivity index (χ0v) is 7.06. The van der Waals surface area contributed by atoms with Crippen LogP contribution in [0.25, 0.3) is 0 Å². The van der Waals surface area contributed by atoms with Crippen LogP contribution in [-0.2, 0) is 5.54 Å². The standard InChI is InChI=1S/C9H10N2O2/c10-9(4-5-9)7-2-1-3-8(6-7)11(12)13/h1-3,6H,4-5,10H2. The minimum Gasteiger partial charge on any atom is -0.321 e. The van der Waals surface area contributed by atoms with Gasteiger partial charge in [0, 0.05) is 17.7 Å². The van der Waals surface area contributed by atoms with Gasteiger partial charge in [-0.15, -0.1) is 0 Å². The number of hydrogen-bond donors (Lipinski definition) is 1.